The minimum atomic E-state index is 0.588. The summed E-state index contributed by atoms with van der Waals surface area (Å²) in [5, 5.41) is 3.79. The standard InChI is InChI=1S/C12H23N/c1-10(2)6-8-12(11-4-5-11)7-3-9-13-12/h10-11,13H,3-9H2,1-2H3. The van der Waals surface area contributed by atoms with Gasteiger partial charge in [-0.05, 0) is 56.9 Å². The monoisotopic (exact) mass is 181 g/mol. The Hall–Kier alpha value is -0.0400. The molecule has 2 aliphatic rings. The van der Waals surface area contributed by atoms with Crippen molar-refractivity contribution in [2.45, 2.75) is 57.9 Å². The van der Waals surface area contributed by atoms with Gasteiger partial charge in [0.25, 0.3) is 0 Å². The van der Waals surface area contributed by atoms with Gasteiger partial charge in [-0.3, -0.25) is 0 Å². The van der Waals surface area contributed by atoms with Crippen LogP contribution in [0.1, 0.15) is 52.4 Å². The predicted molar refractivity (Wildman–Crippen MR) is 56.8 cm³/mol. The third-order valence-electron chi connectivity index (χ3n) is 3.80. The van der Waals surface area contributed by atoms with E-state index in [4.69, 9.17) is 0 Å². The highest BCUT2D eigenvalue weighted by Crippen LogP contribution is 2.46. The maximum atomic E-state index is 3.79. The lowest BCUT2D eigenvalue weighted by Gasteiger charge is -2.30. The fourth-order valence-corrected chi connectivity index (χ4v) is 2.78. The molecule has 1 aliphatic carbocycles. The zero-order chi connectivity index (χ0) is 9.31. The molecule has 76 valence electrons. The summed E-state index contributed by atoms with van der Waals surface area (Å²) in [6.07, 6.45) is 8.67. The number of rotatable bonds is 4. The van der Waals surface area contributed by atoms with Crippen LogP contribution in [0.3, 0.4) is 0 Å². The molecule has 0 spiro atoms. The lowest BCUT2D eigenvalue weighted by atomic mass is 9.84. The molecule has 0 amide bonds. The van der Waals surface area contributed by atoms with Gasteiger partial charge in [0.05, 0.1) is 0 Å². The number of hydrogen-bond acceptors (Lipinski definition) is 1. The molecule has 0 bridgehead atoms. The first-order chi connectivity index (χ1) is 6.23. The summed E-state index contributed by atoms with van der Waals surface area (Å²) in [7, 11) is 0. The highest BCUT2D eigenvalue weighted by molar-refractivity contribution is 5.03. The zero-order valence-electron chi connectivity index (χ0n) is 9.10. The molecule has 0 aromatic rings. The van der Waals surface area contributed by atoms with Gasteiger partial charge in [-0.1, -0.05) is 13.8 Å². The molecule has 2 fully saturated rings. The van der Waals surface area contributed by atoms with Crippen molar-refractivity contribution in [2.75, 3.05) is 6.54 Å². The molecule has 0 radical (unpaired) electrons. The third-order valence-corrected chi connectivity index (χ3v) is 3.80. The van der Waals surface area contributed by atoms with E-state index in [0.717, 1.165) is 11.8 Å². The fourth-order valence-electron chi connectivity index (χ4n) is 2.78. The Morgan fingerprint density at radius 2 is 2.15 bits per heavy atom. The van der Waals surface area contributed by atoms with Crippen LogP contribution in [-0.4, -0.2) is 12.1 Å². The predicted octanol–water partition coefficient (Wildman–Crippen LogP) is 2.95. The van der Waals surface area contributed by atoms with E-state index in [0.29, 0.717) is 5.54 Å². The molecule has 1 heteroatoms. The molecule has 1 heterocycles. The largest absolute Gasteiger partial charge is 0.311 e. The van der Waals surface area contributed by atoms with Crippen molar-refractivity contribution in [2.24, 2.45) is 11.8 Å². The Kier molecular flexibility index (Phi) is 2.64. The van der Waals surface area contributed by atoms with E-state index in [9.17, 15) is 0 Å². The Morgan fingerprint density at radius 1 is 1.38 bits per heavy atom. The zero-order valence-corrected chi connectivity index (χ0v) is 9.10. The van der Waals surface area contributed by atoms with Gasteiger partial charge in [0, 0.05) is 5.54 Å². The molecule has 1 atom stereocenters. The summed E-state index contributed by atoms with van der Waals surface area (Å²) < 4.78 is 0. The first kappa shape index (κ1) is 9.51. The summed E-state index contributed by atoms with van der Waals surface area (Å²) in [6.45, 7) is 5.96. The lowest BCUT2D eigenvalue weighted by molar-refractivity contribution is 0.279. The minimum absolute atomic E-state index is 0.588. The highest BCUT2D eigenvalue weighted by atomic mass is 15.0. The van der Waals surface area contributed by atoms with E-state index in [1.54, 1.807) is 0 Å². The van der Waals surface area contributed by atoms with Crippen molar-refractivity contribution in [3.8, 4) is 0 Å². The summed E-state index contributed by atoms with van der Waals surface area (Å²) >= 11 is 0. The van der Waals surface area contributed by atoms with Crippen LogP contribution in [-0.2, 0) is 0 Å². The quantitative estimate of drug-likeness (QED) is 0.703. The molecule has 1 unspecified atom stereocenters. The van der Waals surface area contributed by atoms with Crippen LogP contribution in [0.25, 0.3) is 0 Å². The van der Waals surface area contributed by atoms with E-state index in [2.05, 4.69) is 19.2 Å². The van der Waals surface area contributed by atoms with Crippen LogP contribution in [0, 0.1) is 11.8 Å². The first-order valence-electron chi connectivity index (χ1n) is 5.98. The Balaban J connectivity index is 1.89. The topological polar surface area (TPSA) is 12.0 Å². The van der Waals surface area contributed by atoms with Crippen LogP contribution in [0.4, 0.5) is 0 Å². The third kappa shape index (κ3) is 2.07. The maximum Gasteiger partial charge on any atom is 0.0210 e. The van der Waals surface area contributed by atoms with Gasteiger partial charge < -0.3 is 5.32 Å². The van der Waals surface area contributed by atoms with Gasteiger partial charge in [0.15, 0.2) is 0 Å². The second-order valence-corrected chi connectivity index (χ2v) is 5.39. The van der Waals surface area contributed by atoms with Crippen LogP contribution in [0.2, 0.25) is 0 Å². The van der Waals surface area contributed by atoms with Gasteiger partial charge in [-0.15, -0.1) is 0 Å². The van der Waals surface area contributed by atoms with E-state index < -0.39 is 0 Å². The van der Waals surface area contributed by atoms with Crippen LogP contribution in [0.15, 0.2) is 0 Å². The van der Waals surface area contributed by atoms with Crippen molar-refractivity contribution >= 4 is 0 Å². The van der Waals surface area contributed by atoms with Gasteiger partial charge in [0.1, 0.15) is 0 Å². The minimum Gasteiger partial charge on any atom is -0.311 e. The maximum absolute atomic E-state index is 3.79. The molecule has 1 aliphatic heterocycles. The Labute approximate surface area is 82.3 Å². The van der Waals surface area contributed by atoms with Gasteiger partial charge in [0.2, 0.25) is 0 Å². The molecule has 0 aromatic carbocycles. The van der Waals surface area contributed by atoms with Crippen LogP contribution < -0.4 is 5.32 Å². The molecular formula is C12H23N. The van der Waals surface area contributed by atoms with Crippen LogP contribution in [0.5, 0.6) is 0 Å². The smallest absolute Gasteiger partial charge is 0.0210 e. The van der Waals surface area contributed by atoms with Crippen molar-refractivity contribution < 1.29 is 0 Å². The molecule has 1 saturated carbocycles. The van der Waals surface area contributed by atoms with Gasteiger partial charge in [-0.2, -0.15) is 0 Å². The number of nitrogens with one attached hydrogen (secondary N) is 1. The van der Waals surface area contributed by atoms with Gasteiger partial charge >= 0.3 is 0 Å². The molecule has 1 saturated heterocycles. The summed E-state index contributed by atoms with van der Waals surface area (Å²) in [6, 6.07) is 0. The Bertz CT molecular complexity index is 164. The van der Waals surface area contributed by atoms with E-state index in [1.807, 2.05) is 0 Å². The highest BCUT2D eigenvalue weighted by Gasteiger charge is 2.45. The average Bonchev–Trinajstić information content (AvgIpc) is 2.84. The molecule has 0 aromatic heterocycles. The molecular weight excluding hydrogens is 158 g/mol. The summed E-state index contributed by atoms with van der Waals surface area (Å²) in [5.74, 6) is 1.91. The summed E-state index contributed by atoms with van der Waals surface area (Å²) in [4.78, 5) is 0. The fraction of sp³-hybridized carbons (Fsp3) is 1.00. The van der Waals surface area contributed by atoms with E-state index in [-0.39, 0.29) is 0 Å². The van der Waals surface area contributed by atoms with Crippen LogP contribution >= 0.6 is 0 Å². The average molecular weight is 181 g/mol. The lowest BCUT2D eigenvalue weighted by Crippen LogP contribution is -2.42. The molecule has 13 heavy (non-hydrogen) atoms. The normalized spacial score (nSPS) is 34.4. The van der Waals surface area contributed by atoms with Crippen molar-refractivity contribution in [1.29, 1.82) is 0 Å². The van der Waals surface area contributed by atoms with E-state index >= 15 is 0 Å². The van der Waals surface area contributed by atoms with Crippen molar-refractivity contribution in [3.63, 3.8) is 0 Å². The second kappa shape index (κ2) is 3.61. The molecule has 1 N–H and O–H groups in total. The Morgan fingerprint density at radius 3 is 2.62 bits per heavy atom. The SMILES string of the molecule is CC(C)CCC1(C2CC2)CCCN1. The first-order valence-corrected chi connectivity index (χ1v) is 5.98. The van der Waals surface area contributed by atoms with Crippen molar-refractivity contribution in [3.05, 3.63) is 0 Å². The van der Waals surface area contributed by atoms with Crippen molar-refractivity contribution in [1.82, 2.24) is 5.32 Å². The second-order valence-electron chi connectivity index (χ2n) is 5.39. The molecule has 2 rings (SSSR count). The van der Waals surface area contributed by atoms with Gasteiger partial charge in [-0.25, -0.2) is 0 Å². The molecule has 1 nitrogen and oxygen atoms in total. The summed E-state index contributed by atoms with van der Waals surface area (Å²) in [5.41, 5.74) is 0.588. The number of hydrogen-bond donors (Lipinski definition) is 1. The van der Waals surface area contributed by atoms with E-state index in [1.165, 1.54) is 45.1 Å².